The topological polar surface area (TPSA) is 131 Å². The summed E-state index contributed by atoms with van der Waals surface area (Å²) in [6.45, 7) is -0.291. The summed E-state index contributed by atoms with van der Waals surface area (Å²) in [5.41, 5.74) is 4.92. The Morgan fingerprint density at radius 3 is 2.23 bits per heavy atom. The molecule has 0 saturated carbocycles. The monoisotopic (exact) mass is 212 g/mol. The smallest absolute Gasteiger partial charge is 0.207 e. The van der Waals surface area contributed by atoms with Gasteiger partial charge in [0.1, 0.15) is 9.84 Å². The maximum atomic E-state index is 10.7. The molecule has 9 heteroatoms. The molecular weight excluding hydrogens is 200 g/mol. The molecule has 0 fully saturated rings. The molecule has 0 rings (SSSR count). The number of sulfone groups is 1. The average Bonchev–Trinajstić information content (AvgIpc) is 1.82. The SMILES string of the molecule is CS(=O)(=O)CCN(C(=N)N)N(O)O. The molecule has 0 heterocycles. The first-order chi connectivity index (χ1) is 5.74. The Hall–Kier alpha value is -0.900. The summed E-state index contributed by atoms with van der Waals surface area (Å²) >= 11 is 0. The highest BCUT2D eigenvalue weighted by molar-refractivity contribution is 7.90. The molecule has 8 nitrogen and oxygen atoms in total. The lowest BCUT2D eigenvalue weighted by Gasteiger charge is -2.23. The van der Waals surface area contributed by atoms with Gasteiger partial charge in [-0.2, -0.15) is 0 Å². The van der Waals surface area contributed by atoms with E-state index in [1.54, 1.807) is 0 Å². The molecular formula is C4H12N4O4S. The minimum absolute atomic E-state index is 0.291. The maximum Gasteiger partial charge on any atom is 0.207 e. The van der Waals surface area contributed by atoms with Gasteiger partial charge in [0.25, 0.3) is 0 Å². The molecule has 0 aromatic heterocycles. The second kappa shape index (κ2) is 4.37. The van der Waals surface area contributed by atoms with Gasteiger partial charge in [0.2, 0.25) is 5.96 Å². The molecule has 0 saturated heterocycles. The van der Waals surface area contributed by atoms with Crippen LogP contribution in [-0.4, -0.2) is 53.7 Å². The zero-order valence-corrected chi connectivity index (χ0v) is 7.82. The number of guanidine groups is 1. The highest BCUT2D eigenvalue weighted by atomic mass is 32.2. The quantitative estimate of drug-likeness (QED) is 0.246. The molecule has 0 bridgehead atoms. The van der Waals surface area contributed by atoms with Crippen molar-refractivity contribution in [1.29, 1.82) is 5.41 Å². The van der Waals surface area contributed by atoms with Crippen LogP contribution in [0.1, 0.15) is 0 Å². The molecule has 0 unspecified atom stereocenters. The third-order valence-corrected chi connectivity index (χ3v) is 2.09. The number of hydrogen-bond acceptors (Lipinski definition) is 6. The van der Waals surface area contributed by atoms with Crippen molar-refractivity contribution < 1.29 is 18.8 Å². The predicted octanol–water partition coefficient (Wildman–Crippen LogP) is -1.78. The van der Waals surface area contributed by atoms with Gasteiger partial charge in [-0.3, -0.25) is 15.8 Å². The van der Waals surface area contributed by atoms with E-state index < -0.39 is 21.1 Å². The Kier molecular flexibility index (Phi) is 4.07. The van der Waals surface area contributed by atoms with Crippen molar-refractivity contribution in [3.05, 3.63) is 0 Å². The summed E-state index contributed by atoms with van der Waals surface area (Å²) in [6, 6.07) is 0. The van der Waals surface area contributed by atoms with Gasteiger partial charge in [-0.05, 0) is 0 Å². The van der Waals surface area contributed by atoms with Gasteiger partial charge < -0.3 is 5.73 Å². The zero-order chi connectivity index (χ0) is 10.6. The number of hydrazine groups is 1. The molecule has 13 heavy (non-hydrogen) atoms. The summed E-state index contributed by atoms with van der Waals surface area (Å²) in [7, 11) is -3.23. The van der Waals surface area contributed by atoms with Crippen LogP contribution in [0.15, 0.2) is 0 Å². The molecule has 0 amide bonds. The molecule has 0 spiro atoms. The van der Waals surface area contributed by atoms with Crippen molar-refractivity contribution in [2.75, 3.05) is 18.6 Å². The van der Waals surface area contributed by atoms with E-state index in [-0.39, 0.29) is 12.3 Å². The van der Waals surface area contributed by atoms with E-state index in [2.05, 4.69) is 0 Å². The Balaban J connectivity index is 4.22. The van der Waals surface area contributed by atoms with E-state index in [1.807, 2.05) is 0 Å². The van der Waals surface area contributed by atoms with Crippen molar-refractivity contribution in [1.82, 2.24) is 10.3 Å². The number of nitrogens with one attached hydrogen (secondary N) is 1. The van der Waals surface area contributed by atoms with E-state index in [0.717, 1.165) is 6.26 Å². The lowest BCUT2D eigenvalue weighted by Crippen LogP contribution is -2.48. The molecule has 0 atom stereocenters. The van der Waals surface area contributed by atoms with Crippen LogP contribution in [0.3, 0.4) is 0 Å². The van der Waals surface area contributed by atoms with Crippen LogP contribution >= 0.6 is 0 Å². The third-order valence-electron chi connectivity index (χ3n) is 1.17. The van der Waals surface area contributed by atoms with Crippen molar-refractivity contribution in [2.24, 2.45) is 5.73 Å². The fraction of sp³-hybridized carbons (Fsp3) is 0.750. The van der Waals surface area contributed by atoms with Crippen LogP contribution in [0.5, 0.6) is 0 Å². The Labute approximate surface area is 75.5 Å². The molecule has 0 aliphatic carbocycles. The molecule has 78 valence electrons. The van der Waals surface area contributed by atoms with E-state index in [1.165, 1.54) is 0 Å². The lowest BCUT2D eigenvalue weighted by molar-refractivity contribution is -0.396. The maximum absolute atomic E-state index is 10.7. The van der Waals surface area contributed by atoms with Gasteiger partial charge >= 0.3 is 0 Å². The fourth-order valence-electron chi connectivity index (χ4n) is 0.559. The first-order valence-electron chi connectivity index (χ1n) is 3.21. The Morgan fingerprint density at radius 1 is 1.54 bits per heavy atom. The number of nitrogens with zero attached hydrogens (tertiary/aromatic N) is 2. The van der Waals surface area contributed by atoms with Gasteiger partial charge in [0.05, 0.1) is 12.3 Å². The Morgan fingerprint density at radius 2 is 2.00 bits per heavy atom. The summed E-state index contributed by atoms with van der Waals surface area (Å²) in [4.78, 5) is 0. The summed E-state index contributed by atoms with van der Waals surface area (Å²) in [5, 5.41) is 23.9. The summed E-state index contributed by atoms with van der Waals surface area (Å²) in [5.74, 6) is -0.988. The van der Waals surface area contributed by atoms with Gasteiger partial charge in [0, 0.05) is 11.6 Å². The van der Waals surface area contributed by atoms with Gasteiger partial charge in [-0.15, -0.1) is 0 Å². The van der Waals surface area contributed by atoms with Crippen LogP contribution in [0.4, 0.5) is 0 Å². The first kappa shape index (κ1) is 12.1. The molecule has 0 aromatic rings. The van der Waals surface area contributed by atoms with Crippen molar-refractivity contribution in [2.45, 2.75) is 0 Å². The molecule has 0 aromatic carbocycles. The predicted molar refractivity (Wildman–Crippen MR) is 43.7 cm³/mol. The first-order valence-corrected chi connectivity index (χ1v) is 5.27. The van der Waals surface area contributed by atoms with Gasteiger partial charge in [-0.25, -0.2) is 13.4 Å². The minimum Gasteiger partial charge on any atom is -0.369 e. The largest absolute Gasteiger partial charge is 0.369 e. The number of rotatable bonds is 4. The molecule has 5 N–H and O–H groups in total. The summed E-state index contributed by atoms with van der Waals surface area (Å²) < 4.78 is 21.3. The van der Waals surface area contributed by atoms with Gasteiger partial charge in [0.15, 0.2) is 0 Å². The van der Waals surface area contributed by atoms with Crippen molar-refractivity contribution in [3.8, 4) is 0 Å². The van der Waals surface area contributed by atoms with Crippen LogP contribution in [0, 0.1) is 5.41 Å². The van der Waals surface area contributed by atoms with E-state index in [4.69, 9.17) is 21.6 Å². The van der Waals surface area contributed by atoms with Crippen LogP contribution < -0.4 is 5.73 Å². The molecule has 0 aliphatic rings. The third kappa shape index (κ3) is 5.36. The Bertz CT molecular complexity index is 274. The van der Waals surface area contributed by atoms with Crippen molar-refractivity contribution >= 4 is 15.8 Å². The second-order valence-electron chi connectivity index (χ2n) is 2.41. The van der Waals surface area contributed by atoms with E-state index in [9.17, 15) is 8.42 Å². The second-order valence-corrected chi connectivity index (χ2v) is 4.67. The standard InChI is InChI=1S/C4H12N4O4S/c1-13(11,12)3-2-7(4(5)6)8(9)10/h9-10H,2-3H2,1H3,(H3,5,6). The molecule has 0 radical (unpaired) electrons. The van der Waals surface area contributed by atoms with E-state index in [0.29, 0.717) is 5.01 Å². The normalized spacial score (nSPS) is 11.7. The summed E-state index contributed by atoms with van der Waals surface area (Å²) in [6.07, 6.45) is 0.990. The van der Waals surface area contributed by atoms with Crippen molar-refractivity contribution in [3.63, 3.8) is 0 Å². The average molecular weight is 212 g/mol. The van der Waals surface area contributed by atoms with Crippen LogP contribution in [-0.2, 0) is 9.84 Å². The van der Waals surface area contributed by atoms with Crippen LogP contribution in [0.25, 0.3) is 0 Å². The van der Waals surface area contributed by atoms with Crippen LogP contribution in [0.2, 0.25) is 0 Å². The van der Waals surface area contributed by atoms with E-state index >= 15 is 0 Å². The van der Waals surface area contributed by atoms with Gasteiger partial charge in [-0.1, -0.05) is 0 Å². The minimum atomic E-state index is -3.23. The molecule has 0 aliphatic heterocycles. The highest BCUT2D eigenvalue weighted by Gasteiger charge is 2.14. The fourth-order valence-corrected chi connectivity index (χ4v) is 1.06. The number of nitrogens with two attached hydrogens (primary N) is 1. The number of hydrogen-bond donors (Lipinski definition) is 4. The lowest BCUT2D eigenvalue weighted by atomic mass is 10.7. The highest BCUT2D eigenvalue weighted by Crippen LogP contribution is 1.92. The zero-order valence-electron chi connectivity index (χ0n) is 7.01.